The van der Waals surface area contributed by atoms with Crippen molar-refractivity contribution in [3.8, 4) is 0 Å². The first-order chi connectivity index (χ1) is 16.7. The van der Waals surface area contributed by atoms with E-state index >= 15 is 0 Å². The van der Waals surface area contributed by atoms with Crippen LogP contribution in [0.1, 0.15) is 137 Å². The third-order valence-electron chi connectivity index (χ3n) is 7.22. The van der Waals surface area contributed by atoms with Gasteiger partial charge in [0, 0.05) is 6.54 Å². The van der Waals surface area contributed by atoms with E-state index in [-0.39, 0.29) is 11.8 Å². The molecule has 6 heteroatoms. The van der Waals surface area contributed by atoms with Crippen molar-refractivity contribution >= 4 is 34.6 Å². The Morgan fingerprint density at radius 2 is 1.09 bits per heavy atom. The summed E-state index contributed by atoms with van der Waals surface area (Å²) in [6.07, 6.45) is 20.3. The molecule has 188 valence electrons. The summed E-state index contributed by atoms with van der Waals surface area (Å²) in [4.78, 5) is 27.7. The largest absolute Gasteiger partial charge is 0.274 e. The molecule has 0 bridgehead atoms. The summed E-state index contributed by atoms with van der Waals surface area (Å²) in [6, 6.07) is 3.49. The van der Waals surface area contributed by atoms with Crippen molar-refractivity contribution in [3.63, 3.8) is 0 Å². The number of hydrogen-bond acceptors (Lipinski definition) is 5. The summed E-state index contributed by atoms with van der Waals surface area (Å²) in [5.41, 5.74) is 2.40. The molecule has 0 saturated heterocycles. The van der Waals surface area contributed by atoms with E-state index in [4.69, 9.17) is 0 Å². The highest BCUT2D eigenvalue weighted by Crippen LogP contribution is 2.30. The summed E-state index contributed by atoms with van der Waals surface area (Å²) >= 11 is 1.12. The highest BCUT2D eigenvalue weighted by molar-refractivity contribution is 7.00. The molecular formula is C28H43N3O2S. The van der Waals surface area contributed by atoms with Gasteiger partial charge < -0.3 is 0 Å². The number of aromatic nitrogens is 2. The Balaban J connectivity index is 1.52. The molecule has 2 heterocycles. The van der Waals surface area contributed by atoms with Gasteiger partial charge in [0.05, 0.1) is 22.9 Å². The Kier molecular flexibility index (Phi) is 11.5. The lowest BCUT2D eigenvalue weighted by Crippen LogP contribution is -2.34. The predicted octanol–water partition coefficient (Wildman–Crippen LogP) is 8.18. The minimum atomic E-state index is -0.154. The monoisotopic (exact) mass is 485 g/mol. The van der Waals surface area contributed by atoms with Crippen LogP contribution in [-0.4, -0.2) is 32.0 Å². The van der Waals surface area contributed by atoms with Crippen LogP contribution >= 0.6 is 11.7 Å². The number of unbranched alkanes of at least 4 members (excludes halogenated alkanes) is 12. The molecule has 0 aliphatic carbocycles. The number of fused-ring (bicyclic) bond motifs is 2. The molecule has 1 aromatic heterocycles. The average Bonchev–Trinajstić information content (AvgIpc) is 3.39. The number of nitrogens with zero attached hydrogens (tertiary/aromatic N) is 3. The Labute approximate surface area is 210 Å². The molecule has 1 aromatic carbocycles. The second-order valence-corrected chi connectivity index (χ2v) is 10.6. The molecule has 1 aliphatic rings. The van der Waals surface area contributed by atoms with Gasteiger partial charge in [0.25, 0.3) is 11.8 Å². The summed E-state index contributed by atoms with van der Waals surface area (Å²) in [6.45, 7) is 5.05. The SMILES string of the molecule is CCCCCCCCCC[C@H](CCCCCCCC)CN1C(=O)c2cc3nsnc3cc2C1=O. The minimum absolute atomic E-state index is 0.154. The lowest BCUT2D eigenvalue weighted by Gasteiger charge is -2.23. The van der Waals surface area contributed by atoms with Gasteiger partial charge in [-0.2, -0.15) is 8.75 Å². The average molecular weight is 486 g/mol. The minimum Gasteiger partial charge on any atom is -0.274 e. The zero-order valence-corrected chi connectivity index (χ0v) is 22.1. The number of carbonyl (C=O) groups is 2. The molecule has 34 heavy (non-hydrogen) atoms. The van der Waals surface area contributed by atoms with Gasteiger partial charge in [0.1, 0.15) is 11.0 Å². The maximum atomic E-state index is 13.1. The number of hydrogen-bond donors (Lipinski definition) is 0. The molecule has 0 radical (unpaired) electrons. The fourth-order valence-corrected chi connectivity index (χ4v) is 5.61. The number of benzene rings is 1. The molecule has 0 unspecified atom stereocenters. The van der Waals surface area contributed by atoms with Crippen LogP contribution in [0.15, 0.2) is 12.1 Å². The van der Waals surface area contributed by atoms with Crippen LogP contribution in [-0.2, 0) is 0 Å². The van der Waals surface area contributed by atoms with Crippen LogP contribution in [0.4, 0.5) is 0 Å². The first-order valence-electron chi connectivity index (χ1n) is 13.8. The lowest BCUT2D eigenvalue weighted by molar-refractivity contribution is 0.0621. The second kappa shape index (κ2) is 14.6. The second-order valence-electron chi connectivity index (χ2n) is 10.1. The van der Waals surface area contributed by atoms with Crippen molar-refractivity contribution in [1.82, 2.24) is 13.6 Å². The van der Waals surface area contributed by atoms with Gasteiger partial charge in [-0.3, -0.25) is 14.5 Å². The Bertz CT molecular complexity index is 860. The maximum Gasteiger partial charge on any atom is 0.261 e. The quantitative estimate of drug-likeness (QED) is 0.158. The summed E-state index contributed by atoms with van der Waals surface area (Å²) in [5, 5.41) is 0. The van der Waals surface area contributed by atoms with Crippen molar-refractivity contribution < 1.29 is 9.59 Å². The first kappa shape index (κ1) is 26.8. The Hall–Kier alpha value is -1.82. The van der Waals surface area contributed by atoms with Gasteiger partial charge in [-0.1, -0.05) is 104 Å². The fourth-order valence-electron chi connectivity index (χ4n) is 5.10. The van der Waals surface area contributed by atoms with E-state index < -0.39 is 0 Å². The normalized spacial score (nSPS) is 14.4. The van der Waals surface area contributed by atoms with E-state index in [9.17, 15) is 9.59 Å². The molecule has 1 aliphatic heterocycles. The van der Waals surface area contributed by atoms with Gasteiger partial charge in [-0.25, -0.2) is 0 Å². The van der Waals surface area contributed by atoms with Gasteiger partial charge in [-0.15, -0.1) is 0 Å². The molecule has 2 amide bonds. The van der Waals surface area contributed by atoms with E-state index in [0.29, 0.717) is 34.6 Å². The molecule has 0 spiro atoms. The van der Waals surface area contributed by atoms with Crippen LogP contribution in [0.2, 0.25) is 0 Å². The van der Waals surface area contributed by atoms with Gasteiger partial charge in [0.15, 0.2) is 0 Å². The van der Waals surface area contributed by atoms with Gasteiger partial charge in [0.2, 0.25) is 0 Å². The molecule has 0 saturated carbocycles. The van der Waals surface area contributed by atoms with E-state index in [2.05, 4.69) is 22.6 Å². The summed E-state index contributed by atoms with van der Waals surface area (Å²) < 4.78 is 8.49. The molecular weight excluding hydrogens is 442 g/mol. The van der Waals surface area contributed by atoms with Crippen molar-refractivity contribution in [2.24, 2.45) is 5.92 Å². The Morgan fingerprint density at radius 3 is 1.53 bits per heavy atom. The summed E-state index contributed by atoms with van der Waals surface area (Å²) in [7, 11) is 0. The van der Waals surface area contributed by atoms with Crippen LogP contribution in [0.5, 0.6) is 0 Å². The first-order valence-corrected chi connectivity index (χ1v) is 14.5. The summed E-state index contributed by atoms with van der Waals surface area (Å²) in [5.74, 6) is 0.0859. The highest BCUT2D eigenvalue weighted by atomic mass is 32.1. The van der Waals surface area contributed by atoms with Crippen molar-refractivity contribution in [3.05, 3.63) is 23.3 Å². The van der Waals surface area contributed by atoms with Crippen LogP contribution in [0.25, 0.3) is 11.0 Å². The standard InChI is InChI=1S/C28H43N3O2S/c1-3-5-7-9-11-12-14-16-18-22(17-15-13-10-8-6-4-2)21-31-27(32)23-19-25-26(30-34-29-25)20-24(23)28(31)33/h19-20,22H,3-18,21H2,1-2H3/t22-/m0/s1. The molecule has 0 N–H and O–H groups in total. The zero-order valence-electron chi connectivity index (χ0n) is 21.3. The predicted molar refractivity (Wildman–Crippen MR) is 141 cm³/mol. The number of amides is 2. The molecule has 0 fully saturated rings. The van der Waals surface area contributed by atoms with E-state index in [1.807, 2.05) is 0 Å². The van der Waals surface area contributed by atoms with Crippen LogP contribution < -0.4 is 0 Å². The third-order valence-corrected chi connectivity index (χ3v) is 7.77. The number of rotatable bonds is 18. The maximum absolute atomic E-state index is 13.1. The smallest absolute Gasteiger partial charge is 0.261 e. The van der Waals surface area contributed by atoms with Crippen molar-refractivity contribution in [2.45, 2.75) is 117 Å². The fraction of sp³-hybridized carbons (Fsp3) is 0.714. The van der Waals surface area contributed by atoms with Crippen LogP contribution in [0, 0.1) is 5.92 Å². The van der Waals surface area contributed by atoms with E-state index in [1.165, 1.54) is 94.8 Å². The molecule has 5 nitrogen and oxygen atoms in total. The van der Waals surface area contributed by atoms with Gasteiger partial charge >= 0.3 is 0 Å². The van der Waals surface area contributed by atoms with E-state index in [1.54, 1.807) is 12.1 Å². The zero-order chi connectivity index (χ0) is 24.2. The molecule has 3 rings (SSSR count). The molecule has 1 atom stereocenters. The van der Waals surface area contributed by atoms with Crippen LogP contribution in [0.3, 0.4) is 0 Å². The van der Waals surface area contributed by atoms with Crippen molar-refractivity contribution in [1.29, 1.82) is 0 Å². The lowest BCUT2D eigenvalue weighted by atomic mass is 9.93. The molecule has 2 aromatic rings. The topological polar surface area (TPSA) is 63.2 Å². The highest BCUT2D eigenvalue weighted by Gasteiger charge is 2.37. The Morgan fingerprint density at radius 1 is 0.676 bits per heavy atom. The van der Waals surface area contributed by atoms with Crippen molar-refractivity contribution in [2.75, 3.05) is 6.54 Å². The van der Waals surface area contributed by atoms with Gasteiger partial charge in [-0.05, 0) is 30.9 Å². The number of imide groups is 1. The number of carbonyl (C=O) groups excluding carboxylic acids is 2. The third kappa shape index (κ3) is 7.59. The van der Waals surface area contributed by atoms with E-state index in [0.717, 1.165) is 24.6 Å².